The Morgan fingerprint density at radius 3 is 2.71 bits per heavy atom. The van der Waals surface area contributed by atoms with Crippen LogP contribution in [0, 0.1) is 5.92 Å². The van der Waals surface area contributed by atoms with E-state index in [4.69, 9.17) is 0 Å². The highest BCUT2D eigenvalue weighted by atomic mass is 15.1. The Hall–Kier alpha value is -1.68. The van der Waals surface area contributed by atoms with Gasteiger partial charge in [-0.05, 0) is 44.0 Å². The zero-order valence-corrected chi connectivity index (χ0v) is 12.8. The van der Waals surface area contributed by atoms with Gasteiger partial charge in [-0.2, -0.15) is 0 Å². The van der Waals surface area contributed by atoms with Gasteiger partial charge >= 0.3 is 0 Å². The molecule has 4 heteroatoms. The fourth-order valence-electron chi connectivity index (χ4n) is 2.97. The lowest BCUT2D eigenvalue weighted by Crippen LogP contribution is -2.35. The Labute approximate surface area is 126 Å². The maximum atomic E-state index is 4.61. The molecule has 0 radical (unpaired) electrons. The highest BCUT2D eigenvalue weighted by molar-refractivity contribution is 5.75. The van der Waals surface area contributed by atoms with Crippen LogP contribution in [-0.2, 0) is 0 Å². The van der Waals surface area contributed by atoms with Crippen LogP contribution in [0.5, 0.6) is 0 Å². The lowest BCUT2D eigenvalue weighted by atomic mass is 10.1. The third-order valence-corrected chi connectivity index (χ3v) is 4.10. The first kappa shape index (κ1) is 14.3. The number of aromatic nitrogens is 2. The van der Waals surface area contributed by atoms with E-state index in [1.807, 2.05) is 30.5 Å². The van der Waals surface area contributed by atoms with Crippen LogP contribution >= 0.6 is 0 Å². The van der Waals surface area contributed by atoms with Gasteiger partial charge in [0.05, 0.1) is 17.2 Å². The molecule has 4 nitrogen and oxygen atoms in total. The molecular weight excluding hydrogens is 260 g/mol. The number of rotatable bonds is 5. The summed E-state index contributed by atoms with van der Waals surface area (Å²) < 4.78 is 0. The Kier molecular flexibility index (Phi) is 4.65. The molecule has 1 saturated heterocycles. The van der Waals surface area contributed by atoms with Gasteiger partial charge in [-0.1, -0.05) is 25.5 Å². The van der Waals surface area contributed by atoms with E-state index < -0.39 is 0 Å². The van der Waals surface area contributed by atoms with Gasteiger partial charge in [0.25, 0.3) is 0 Å². The lowest BCUT2D eigenvalue weighted by molar-refractivity contribution is 0.204. The average molecular weight is 284 g/mol. The van der Waals surface area contributed by atoms with E-state index in [0.717, 1.165) is 23.4 Å². The summed E-state index contributed by atoms with van der Waals surface area (Å²) >= 11 is 0. The molecular formula is C17H24N4. The Balaban J connectivity index is 1.53. The van der Waals surface area contributed by atoms with Crippen LogP contribution in [-0.4, -0.2) is 41.0 Å². The molecule has 1 atom stereocenters. The molecule has 1 unspecified atom stereocenters. The normalized spacial score (nSPS) is 17.8. The van der Waals surface area contributed by atoms with Crippen LogP contribution < -0.4 is 5.32 Å². The van der Waals surface area contributed by atoms with Crippen molar-refractivity contribution in [3.8, 4) is 0 Å². The molecule has 2 heterocycles. The molecule has 1 aliphatic heterocycles. The van der Waals surface area contributed by atoms with Gasteiger partial charge in [0.15, 0.2) is 0 Å². The summed E-state index contributed by atoms with van der Waals surface area (Å²) in [6.45, 7) is 6.95. The van der Waals surface area contributed by atoms with E-state index in [2.05, 4.69) is 27.1 Å². The van der Waals surface area contributed by atoms with Crippen molar-refractivity contribution >= 4 is 16.9 Å². The Morgan fingerprint density at radius 2 is 1.90 bits per heavy atom. The summed E-state index contributed by atoms with van der Waals surface area (Å²) in [6, 6.07) is 7.99. The van der Waals surface area contributed by atoms with Gasteiger partial charge in [-0.15, -0.1) is 0 Å². The largest absolute Gasteiger partial charge is 0.368 e. The van der Waals surface area contributed by atoms with E-state index >= 15 is 0 Å². The van der Waals surface area contributed by atoms with Gasteiger partial charge in [-0.3, -0.25) is 4.98 Å². The van der Waals surface area contributed by atoms with Gasteiger partial charge in [-0.25, -0.2) is 4.98 Å². The average Bonchev–Trinajstić information content (AvgIpc) is 2.54. The van der Waals surface area contributed by atoms with Crippen LogP contribution in [0.1, 0.15) is 26.2 Å². The summed E-state index contributed by atoms with van der Waals surface area (Å²) in [5.41, 5.74) is 1.90. The third kappa shape index (κ3) is 3.91. The molecule has 1 aliphatic rings. The molecule has 21 heavy (non-hydrogen) atoms. The number of piperidine rings is 1. The van der Waals surface area contributed by atoms with Crippen molar-refractivity contribution in [2.75, 3.05) is 31.5 Å². The molecule has 0 aliphatic carbocycles. The van der Waals surface area contributed by atoms with Crippen molar-refractivity contribution in [1.82, 2.24) is 14.9 Å². The molecule has 0 spiro atoms. The monoisotopic (exact) mass is 284 g/mol. The second-order valence-corrected chi connectivity index (χ2v) is 6.09. The smallest absolute Gasteiger partial charge is 0.145 e. The number of fused-ring (bicyclic) bond motifs is 1. The first-order valence-corrected chi connectivity index (χ1v) is 7.99. The van der Waals surface area contributed by atoms with E-state index in [1.165, 1.54) is 38.9 Å². The number of likely N-dealkylation sites (tertiary alicyclic amines) is 1. The van der Waals surface area contributed by atoms with Crippen molar-refractivity contribution in [1.29, 1.82) is 0 Å². The van der Waals surface area contributed by atoms with E-state index in [-0.39, 0.29) is 0 Å². The SMILES string of the molecule is CC(CNc1cnc2ccccc2n1)CN1CCCCC1. The van der Waals surface area contributed by atoms with Crippen molar-refractivity contribution in [3.63, 3.8) is 0 Å². The van der Waals surface area contributed by atoms with Crippen LogP contribution in [0.2, 0.25) is 0 Å². The number of benzene rings is 1. The second kappa shape index (κ2) is 6.85. The Morgan fingerprint density at radius 1 is 1.14 bits per heavy atom. The zero-order chi connectivity index (χ0) is 14.5. The summed E-state index contributed by atoms with van der Waals surface area (Å²) in [5.74, 6) is 1.50. The quantitative estimate of drug-likeness (QED) is 0.915. The summed E-state index contributed by atoms with van der Waals surface area (Å²) in [5, 5.41) is 3.43. The minimum Gasteiger partial charge on any atom is -0.368 e. The lowest BCUT2D eigenvalue weighted by Gasteiger charge is -2.29. The van der Waals surface area contributed by atoms with E-state index in [0.29, 0.717) is 5.92 Å². The highest BCUT2D eigenvalue weighted by Crippen LogP contribution is 2.13. The molecule has 1 aromatic carbocycles. The topological polar surface area (TPSA) is 41.1 Å². The van der Waals surface area contributed by atoms with Crippen LogP contribution in [0.3, 0.4) is 0 Å². The van der Waals surface area contributed by atoms with E-state index in [9.17, 15) is 0 Å². The highest BCUT2D eigenvalue weighted by Gasteiger charge is 2.13. The van der Waals surface area contributed by atoms with Gasteiger partial charge in [0.2, 0.25) is 0 Å². The molecule has 0 bridgehead atoms. The zero-order valence-electron chi connectivity index (χ0n) is 12.8. The summed E-state index contributed by atoms with van der Waals surface area (Å²) in [6.07, 6.45) is 5.94. The van der Waals surface area contributed by atoms with Crippen molar-refractivity contribution in [2.45, 2.75) is 26.2 Å². The Bertz CT molecular complexity index is 578. The number of hydrogen-bond acceptors (Lipinski definition) is 4. The number of nitrogens with one attached hydrogen (secondary N) is 1. The number of nitrogens with zero attached hydrogens (tertiary/aromatic N) is 3. The van der Waals surface area contributed by atoms with Crippen molar-refractivity contribution in [3.05, 3.63) is 30.5 Å². The summed E-state index contributed by atoms with van der Waals surface area (Å²) in [4.78, 5) is 11.6. The molecule has 112 valence electrons. The molecule has 0 amide bonds. The predicted molar refractivity (Wildman–Crippen MR) is 87.5 cm³/mol. The number of anilines is 1. The molecule has 1 aromatic heterocycles. The van der Waals surface area contributed by atoms with Gasteiger partial charge in [0.1, 0.15) is 5.82 Å². The maximum Gasteiger partial charge on any atom is 0.145 e. The molecule has 1 fully saturated rings. The van der Waals surface area contributed by atoms with Gasteiger partial charge < -0.3 is 10.2 Å². The number of hydrogen-bond donors (Lipinski definition) is 1. The molecule has 0 saturated carbocycles. The van der Waals surface area contributed by atoms with Crippen LogP contribution in [0.25, 0.3) is 11.0 Å². The standard InChI is InChI=1S/C17H24N4/c1-14(13-21-9-5-2-6-10-21)11-19-17-12-18-15-7-3-4-8-16(15)20-17/h3-4,7-8,12,14H,2,5-6,9-11,13H2,1H3,(H,19,20). The first-order chi connectivity index (χ1) is 10.3. The molecule has 3 rings (SSSR count). The third-order valence-electron chi connectivity index (χ3n) is 4.10. The minimum atomic E-state index is 0.622. The summed E-state index contributed by atoms with van der Waals surface area (Å²) in [7, 11) is 0. The fourth-order valence-corrected chi connectivity index (χ4v) is 2.97. The number of para-hydroxylation sites is 2. The fraction of sp³-hybridized carbons (Fsp3) is 0.529. The maximum absolute atomic E-state index is 4.61. The van der Waals surface area contributed by atoms with Crippen molar-refractivity contribution < 1.29 is 0 Å². The predicted octanol–water partition coefficient (Wildman–Crippen LogP) is 3.16. The van der Waals surface area contributed by atoms with E-state index in [1.54, 1.807) is 0 Å². The van der Waals surface area contributed by atoms with Crippen LogP contribution in [0.15, 0.2) is 30.5 Å². The van der Waals surface area contributed by atoms with Crippen molar-refractivity contribution in [2.24, 2.45) is 5.92 Å². The molecule has 1 N–H and O–H groups in total. The molecule has 2 aromatic rings. The minimum absolute atomic E-state index is 0.622. The van der Waals surface area contributed by atoms with Gasteiger partial charge in [0, 0.05) is 13.1 Å². The first-order valence-electron chi connectivity index (χ1n) is 7.99. The second-order valence-electron chi connectivity index (χ2n) is 6.09. The van der Waals surface area contributed by atoms with Crippen LogP contribution in [0.4, 0.5) is 5.82 Å².